The Morgan fingerprint density at radius 1 is 1.10 bits per heavy atom. The minimum absolute atomic E-state index is 0.139. The Kier molecular flexibility index (Phi) is 6.98. The molecule has 0 unspecified atom stereocenters. The SMILES string of the molecule is CC(C)CCNC(=O)c1cc(NCCC(C)C)ncn1. The largest absolute Gasteiger partial charge is 0.370 e. The lowest BCUT2D eigenvalue weighted by Gasteiger charge is -2.09. The highest BCUT2D eigenvalue weighted by atomic mass is 16.1. The van der Waals surface area contributed by atoms with E-state index in [1.54, 1.807) is 6.07 Å². The number of carbonyl (C=O) groups is 1. The molecule has 1 heterocycles. The average molecular weight is 278 g/mol. The monoisotopic (exact) mass is 278 g/mol. The number of nitrogens with zero attached hydrogens (tertiary/aromatic N) is 2. The highest BCUT2D eigenvalue weighted by Gasteiger charge is 2.08. The van der Waals surface area contributed by atoms with Gasteiger partial charge >= 0.3 is 0 Å². The van der Waals surface area contributed by atoms with E-state index >= 15 is 0 Å². The summed E-state index contributed by atoms with van der Waals surface area (Å²) in [5, 5.41) is 6.09. The van der Waals surface area contributed by atoms with E-state index in [2.05, 4.69) is 48.3 Å². The predicted molar refractivity (Wildman–Crippen MR) is 81.8 cm³/mol. The first-order valence-electron chi connectivity index (χ1n) is 7.33. The van der Waals surface area contributed by atoms with Gasteiger partial charge in [-0.2, -0.15) is 0 Å². The Balaban J connectivity index is 2.47. The van der Waals surface area contributed by atoms with Crippen molar-refractivity contribution in [3.63, 3.8) is 0 Å². The van der Waals surface area contributed by atoms with E-state index in [0.717, 1.165) is 19.4 Å². The molecule has 20 heavy (non-hydrogen) atoms. The lowest BCUT2D eigenvalue weighted by molar-refractivity contribution is 0.0947. The van der Waals surface area contributed by atoms with E-state index in [1.165, 1.54) is 6.33 Å². The first-order valence-corrected chi connectivity index (χ1v) is 7.33. The summed E-state index contributed by atoms with van der Waals surface area (Å²) in [6.07, 6.45) is 3.46. The van der Waals surface area contributed by atoms with Crippen molar-refractivity contribution >= 4 is 11.7 Å². The standard InChI is InChI=1S/C15H26N4O/c1-11(2)5-7-16-14-9-13(18-10-19-14)15(20)17-8-6-12(3)4/h9-12H,5-8H2,1-4H3,(H,17,20)(H,16,18,19). The molecule has 0 aliphatic rings. The summed E-state index contributed by atoms with van der Waals surface area (Å²) in [7, 11) is 0. The van der Waals surface area contributed by atoms with E-state index in [0.29, 0.717) is 29.9 Å². The number of hydrogen-bond acceptors (Lipinski definition) is 4. The highest BCUT2D eigenvalue weighted by molar-refractivity contribution is 5.92. The van der Waals surface area contributed by atoms with E-state index in [1.807, 2.05) is 0 Å². The number of carbonyl (C=O) groups excluding carboxylic acids is 1. The second-order valence-corrected chi connectivity index (χ2v) is 5.84. The molecule has 5 heteroatoms. The Bertz CT molecular complexity index is 418. The number of anilines is 1. The first-order chi connectivity index (χ1) is 9.49. The minimum Gasteiger partial charge on any atom is -0.370 e. The van der Waals surface area contributed by atoms with Crippen molar-refractivity contribution in [1.82, 2.24) is 15.3 Å². The van der Waals surface area contributed by atoms with Crippen LogP contribution in [-0.2, 0) is 0 Å². The smallest absolute Gasteiger partial charge is 0.270 e. The fraction of sp³-hybridized carbons (Fsp3) is 0.667. The summed E-state index contributed by atoms with van der Waals surface area (Å²) < 4.78 is 0. The number of amides is 1. The van der Waals surface area contributed by atoms with Crippen LogP contribution in [0.5, 0.6) is 0 Å². The molecule has 1 amide bonds. The van der Waals surface area contributed by atoms with Gasteiger partial charge in [0.05, 0.1) is 0 Å². The summed E-state index contributed by atoms with van der Waals surface area (Å²) >= 11 is 0. The predicted octanol–water partition coefficient (Wildman–Crippen LogP) is 2.71. The highest BCUT2D eigenvalue weighted by Crippen LogP contribution is 2.06. The van der Waals surface area contributed by atoms with Gasteiger partial charge in [0.15, 0.2) is 0 Å². The van der Waals surface area contributed by atoms with Crippen LogP contribution in [0.4, 0.5) is 5.82 Å². The Hall–Kier alpha value is -1.65. The number of hydrogen-bond donors (Lipinski definition) is 2. The van der Waals surface area contributed by atoms with Crippen molar-refractivity contribution in [2.45, 2.75) is 40.5 Å². The van der Waals surface area contributed by atoms with Gasteiger partial charge in [0.1, 0.15) is 17.8 Å². The molecule has 1 aromatic heterocycles. The van der Waals surface area contributed by atoms with Gasteiger partial charge in [-0.15, -0.1) is 0 Å². The molecule has 0 aliphatic carbocycles. The third-order valence-electron chi connectivity index (χ3n) is 2.93. The van der Waals surface area contributed by atoms with Gasteiger partial charge in [-0.1, -0.05) is 27.7 Å². The van der Waals surface area contributed by atoms with E-state index in [4.69, 9.17) is 0 Å². The Labute approximate surface area is 121 Å². The molecule has 0 saturated carbocycles. The Morgan fingerprint density at radius 3 is 2.40 bits per heavy atom. The summed E-state index contributed by atoms with van der Waals surface area (Å²) in [6.45, 7) is 10.1. The fourth-order valence-electron chi connectivity index (χ4n) is 1.63. The lowest BCUT2D eigenvalue weighted by atomic mass is 10.1. The van der Waals surface area contributed by atoms with Gasteiger partial charge in [0.25, 0.3) is 5.91 Å². The van der Waals surface area contributed by atoms with Crippen molar-refractivity contribution in [3.8, 4) is 0 Å². The maximum Gasteiger partial charge on any atom is 0.270 e. The third-order valence-corrected chi connectivity index (χ3v) is 2.93. The molecule has 2 N–H and O–H groups in total. The first kappa shape index (κ1) is 16.4. The van der Waals surface area contributed by atoms with Crippen molar-refractivity contribution in [1.29, 1.82) is 0 Å². The van der Waals surface area contributed by atoms with Crippen LogP contribution >= 0.6 is 0 Å². The second-order valence-electron chi connectivity index (χ2n) is 5.84. The molecule has 0 fully saturated rings. The number of aromatic nitrogens is 2. The molecule has 0 saturated heterocycles. The van der Waals surface area contributed by atoms with Crippen LogP contribution in [0.15, 0.2) is 12.4 Å². The quantitative estimate of drug-likeness (QED) is 0.767. The lowest BCUT2D eigenvalue weighted by Crippen LogP contribution is -2.26. The second kappa shape index (κ2) is 8.51. The third kappa shape index (κ3) is 6.50. The maximum atomic E-state index is 11.9. The Morgan fingerprint density at radius 2 is 1.75 bits per heavy atom. The van der Waals surface area contributed by atoms with Gasteiger partial charge in [0, 0.05) is 19.2 Å². The van der Waals surface area contributed by atoms with Crippen LogP contribution in [0.1, 0.15) is 51.0 Å². The molecule has 1 rings (SSSR count). The molecule has 0 aliphatic heterocycles. The average Bonchev–Trinajstić information content (AvgIpc) is 2.38. The van der Waals surface area contributed by atoms with Crippen LogP contribution in [0.25, 0.3) is 0 Å². The van der Waals surface area contributed by atoms with E-state index < -0.39 is 0 Å². The van der Waals surface area contributed by atoms with Gasteiger partial charge in [-0.05, 0) is 24.7 Å². The van der Waals surface area contributed by atoms with Crippen molar-refractivity contribution in [3.05, 3.63) is 18.1 Å². The van der Waals surface area contributed by atoms with E-state index in [-0.39, 0.29) is 5.91 Å². The number of rotatable bonds is 8. The molecule has 0 spiro atoms. The molecular weight excluding hydrogens is 252 g/mol. The maximum absolute atomic E-state index is 11.9. The summed E-state index contributed by atoms with van der Waals surface area (Å²) in [5.41, 5.74) is 0.413. The molecule has 112 valence electrons. The van der Waals surface area contributed by atoms with Crippen molar-refractivity contribution in [2.24, 2.45) is 11.8 Å². The molecule has 0 bridgehead atoms. The fourth-order valence-corrected chi connectivity index (χ4v) is 1.63. The molecular formula is C15H26N4O. The van der Waals surface area contributed by atoms with Gasteiger partial charge in [-0.25, -0.2) is 9.97 Å². The van der Waals surface area contributed by atoms with Crippen LogP contribution < -0.4 is 10.6 Å². The van der Waals surface area contributed by atoms with Crippen molar-refractivity contribution in [2.75, 3.05) is 18.4 Å². The molecule has 0 radical (unpaired) electrons. The zero-order chi connectivity index (χ0) is 15.0. The van der Waals surface area contributed by atoms with Gasteiger partial charge in [-0.3, -0.25) is 4.79 Å². The normalized spacial score (nSPS) is 10.9. The summed E-state index contributed by atoms with van der Waals surface area (Å²) in [5.74, 6) is 1.78. The molecule has 5 nitrogen and oxygen atoms in total. The minimum atomic E-state index is -0.139. The number of nitrogens with one attached hydrogen (secondary N) is 2. The van der Waals surface area contributed by atoms with Gasteiger partial charge < -0.3 is 10.6 Å². The van der Waals surface area contributed by atoms with Crippen LogP contribution in [0, 0.1) is 11.8 Å². The topological polar surface area (TPSA) is 66.9 Å². The van der Waals surface area contributed by atoms with Crippen molar-refractivity contribution < 1.29 is 4.79 Å². The molecule has 0 aromatic carbocycles. The van der Waals surface area contributed by atoms with Gasteiger partial charge in [0.2, 0.25) is 0 Å². The van der Waals surface area contributed by atoms with E-state index in [9.17, 15) is 4.79 Å². The zero-order valence-electron chi connectivity index (χ0n) is 12.9. The summed E-state index contributed by atoms with van der Waals surface area (Å²) in [4.78, 5) is 20.1. The molecule has 0 atom stereocenters. The molecule has 1 aromatic rings. The van der Waals surface area contributed by atoms with Crippen LogP contribution in [-0.4, -0.2) is 29.0 Å². The van der Waals surface area contributed by atoms with Crippen LogP contribution in [0.3, 0.4) is 0 Å². The summed E-state index contributed by atoms with van der Waals surface area (Å²) in [6, 6.07) is 1.70. The zero-order valence-corrected chi connectivity index (χ0v) is 12.9. The van der Waals surface area contributed by atoms with Crippen LogP contribution in [0.2, 0.25) is 0 Å².